The minimum atomic E-state index is -1.00. The Morgan fingerprint density at radius 2 is 2.06 bits per heavy atom. The smallest absolute Gasteiger partial charge is 0.235 e. The van der Waals surface area contributed by atoms with Crippen molar-refractivity contribution in [1.82, 2.24) is 10.2 Å². The van der Waals surface area contributed by atoms with Crippen LogP contribution in [0, 0.1) is 5.92 Å². The van der Waals surface area contributed by atoms with Crippen LogP contribution in [0.3, 0.4) is 0 Å². The van der Waals surface area contributed by atoms with Crippen LogP contribution in [-0.2, 0) is 20.3 Å². The maximum absolute atomic E-state index is 11.8. The molecular formula is C10H18N2O3S. The Balaban J connectivity index is 1.70. The van der Waals surface area contributed by atoms with Crippen molar-refractivity contribution in [3.8, 4) is 0 Å². The molecule has 2 aliphatic rings. The van der Waals surface area contributed by atoms with Crippen molar-refractivity contribution in [2.45, 2.75) is 0 Å². The van der Waals surface area contributed by atoms with Gasteiger partial charge in [0.1, 0.15) is 5.75 Å². The number of carbonyl (C=O) groups is 1. The maximum Gasteiger partial charge on any atom is 0.235 e. The zero-order valence-corrected chi connectivity index (χ0v) is 10.1. The summed E-state index contributed by atoms with van der Waals surface area (Å²) < 4.78 is 16.9. The summed E-state index contributed by atoms with van der Waals surface area (Å²) in [6.07, 6.45) is 0. The number of rotatable bonds is 4. The molecule has 0 bridgehead atoms. The highest BCUT2D eigenvalue weighted by Gasteiger charge is 2.23. The summed E-state index contributed by atoms with van der Waals surface area (Å²) in [4.78, 5) is 13.5. The van der Waals surface area contributed by atoms with Crippen LogP contribution >= 0.6 is 0 Å². The van der Waals surface area contributed by atoms with Crippen LogP contribution in [0.15, 0.2) is 0 Å². The quantitative estimate of drug-likeness (QED) is 0.678. The predicted octanol–water partition coefficient (Wildman–Crippen LogP) is -1.19. The van der Waals surface area contributed by atoms with Crippen LogP contribution in [0.4, 0.5) is 0 Å². The van der Waals surface area contributed by atoms with Gasteiger partial charge in [0.15, 0.2) is 0 Å². The lowest BCUT2D eigenvalue weighted by atomic mass is 10.1. The average Bonchev–Trinajstić information content (AvgIpc) is 2.25. The number of hydrogen-bond donors (Lipinski definition) is 1. The van der Waals surface area contributed by atoms with Crippen molar-refractivity contribution in [3.63, 3.8) is 0 Å². The molecule has 0 aromatic rings. The van der Waals surface area contributed by atoms with Crippen LogP contribution in [0.2, 0.25) is 0 Å². The zero-order chi connectivity index (χ0) is 11.4. The van der Waals surface area contributed by atoms with E-state index in [0.29, 0.717) is 38.0 Å². The Kier molecular flexibility index (Phi) is 4.31. The maximum atomic E-state index is 11.8. The number of morpholine rings is 1. The van der Waals surface area contributed by atoms with Gasteiger partial charge in [-0.2, -0.15) is 0 Å². The van der Waals surface area contributed by atoms with Crippen molar-refractivity contribution in [3.05, 3.63) is 0 Å². The second-order valence-corrected chi connectivity index (χ2v) is 5.77. The highest BCUT2D eigenvalue weighted by molar-refractivity contribution is 7.85. The molecule has 0 radical (unpaired) electrons. The zero-order valence-electron chi connectivity index (χ0n) is 9.31. The Morgan fingerprint density at radius 1 is 1.38 bits per heavy atom. The molecule has 6 heteroatoms. The summed E-state index contributed by atoms with van der Waals surface area (Å²) in [6, 6.07) is 0. The van der Waals surface area contributed by atoms with Crippen LogP contribution < -0.4 is 5.32 Å². The molecule has 2 heterocycles. The second kappa shape index (κ2) is 5.75. The average molecular weight is 246 g/mol. The first kappa shape index (κ1) is 12.0. The summed E-state index contributed by atoms with van der Waals surface area (Å²) in [5, 5.41) is 3.14. The Bertz CT molecular complexity index is 275. The van der Waals surface area contributed by atoms with Crippen LogP contribution in [0.1, 0.15) is 0 Å². The standard InChI is InChI=1S/C10H18N2O3S/c13-10(12-1-3-15-4-2-12)8-16(14)7-9-5-11-6-9/h9,11H,1-8H2. The van der Waals surface area contributed by atoms with E-state index in [2.05, 4.69) is 5.32 Å². The largest absolute Gasteiger partial charge is 0.378 e. The highest BCUT2D eigenvalue weighted by Crippen LogP contribution is 2.06. The Morgan fingerprint density at radius 3 is 2.62 bits per heavy atom. The lowest BCUT2D eigenvalue weighted by Crippen LogP contribution is -2.46. The molecule has 0 spiro atoms. The van der Waals surface area contributed by atoms with Crippen LogP contribution in [-0.4, -0.2) is 65.9 Å². The fourth-order valence-corrected chi connectivity index (χ4v) is 3.17. The second-order valence-electron chi connectivity index (χ2n) is 4.27. The van der Waals surface area contributed by atoms with Gasteiger partial charge in [-0.05, 0) is 5.92 Å². The van der Waals surface area contributed by atoms with Gasteiger partial charge < -0.3 is 15.0 Å². The number of nitrogens with one attached hydrogen (secondary N) is 1. The van der Waals surface area contributed by atoms with Crippen molar-refractivity contribution >= 4 is 16.7 Å². The van der Waals surface area contributed by atoms with E-state index in [1.54, 1.807) is 4.90 Å². The molecule has 5 nitrogen and oxygen atoms in total. The van der Waals surface area contributed by atoms with Gasteiger partial charge in [-0.3, -0.25) is 9.00 Å². The molecule has 1 amide bonds. The van der Waals surface area contributed by atoms with E-state index in [1.807, 2.05) is 0 Å². The third-order valence-corrected chi connectivity index (χ3v) is 4.35. The van der Waals surface area contributed by atoms with E-state index in [4.69, 9.17) is 4.74 Å². The normalized spacial score (nSPS) is 23.9. The van der Waals surface area contributed by atoms with Gasteiger partial charge in [0.2, 0.25) is 5.91 Å². The fraction of sp³-hybridized carbons (Fsp3) is 0.900. The molecule has 2 aliphatic heterocycles. The van der Waals surface area contributed by atoms with Crippen LogP contribution in [0.25, 0.3) is 0 Å². The first-order chi connectivity index (χ1) is 7.75. The van der Waals surface area contributed by atoms with E-state index < -0.39 is 10.8 Å². The predicted molar refractivity (Wildman–Crippen MR) is 61.6 cm³/mol. The van der Waals surface area contributed by atoms with E-state index >= 15 is 0 Å². The summed E-state index contributed by atoms with van der Waals surface area (Å²) in [6.45, 7) is 4.37. The molecule has 0 saturated carbocycles. The molecular weight excluding hydrogens is 228 g/mol. The third kappa shape index (κ3) is 3.26. The topological polar surface area (TPSA) is 58.6 Å². The number of nitrogens with zero attached hydrogens (tertiary/aromatic N) is 1. The van der Waals surface area contributed by atoms with E-state index in [-0.39, 0.29) is 11.7 Å². The monoisotopic (exact) mass is 246 g/mol. The van der Waals surface area contributed by atoms with Gasteiger partial charge in [-0.25, -0.2) is 0 Å². The first-order valence-electron chi connectivity index (χ1n) is 5.67. The van der Waals surface area contributed by atoms with Crippen molar-refractivity contribution in [2.24, 2.45) is 5.92 Å². The molecule has 0 aromatic carbocycles. The molecule has 0 aromatic heterocycles. The molecule has 1 atom stereocenters. The molecule has 0 aliphatic carbocycles. The number of carbonyl (C=O) groups excluding carboxylic acids is 1. The minimum Gasteiger partial charge on any atom is -0.378 e. The lowest BCUT2D eigenvalue weighted by molar-refractivity contribution is -0.132. The molecule has 2 rings (SSSR count). The Labute approximate surface area is 98.0 Å². The summed E-state index contributed by atoms with van der Waals surface area (Å²) >= 11 is 0. The number of amides is 1. The van der Waals surface area contributed by atoms with Gasteiger partial charge >= 0.3 is 0 Å². The van der Waals surface area contributed by atoms with Gasteiger partial charge in [0.25, 0.3) is 0 Å². The molecule has 2 saturated heterocycles. The van der Waals surface area contributed by atoms with E-state index in [9.17, 15) is 9.00 Å². The van der Waals surface area contributed by atoms with E-state index in [1.165, 1.54) is 0 Å². The minimum absolute atomic E-state index is 0.00826. The van der Waals surface area contributed by atoms with Crippen molar-refractivity contribution < 1.29 is 13.7 Å². The third-order valence-electron chi connectivity index (χ3n) is 2.94. The molecule has 1 unspecified atom stereocenters. The van der Waals surface area contributed by atoms with Crippen molar-refractivity contribution in [1.29, 1.82) is 0 Å². The molecule has 1 N–H and O–H groups in total. The van der Waals surface area contributed by atoms with Gasteiger partial charge in [0, 0.05) is 42.7 Å². The van der Waals surface area contributed by atoms with Gasteiger partial charge in [-0.15, -0.1) is 0 Å². The molecule has 2 fully saturated rings. The summed E-state index contributed by atoms with van der Waals surface area (Å²) in [7, 11) is -1.00. The summed E-state index contributed by atoms with van der Waals surface area (Å²) in [5.74, 6) is 1.34. The van der Waals surface area contributed by atoms with Gasteiger partial charge in [0.05, 0.1) is 13.2 Å². The van der Waals surface area contributed by atoms with E-state index in [0.717, 1.165) is 13.1 Å². The summed E-state index contributed by atoms with van der Waals surface area (Å²) in [5.41, 5.74) is 0. The van der Waals surface area contributed by atoms with Crippen molar-refractivity contribution in [2.75, 3.05) is 50.9 Å². The van der Waals surface area contributed by atoms with Crippen LogP contribution in [0.5, 0.6) is 0 Å². The first-order valence-corrected chi connectivity index (χ1v) is 7.15. The number of ether oxygens (including phenoxy) is 1. The highest BCUT2D eigenvalue weighted by atomic mass is 32.2. The van der Waals surface area contributed by atoms with Gasteiger partial charge in [-0.1, -0.05) is 0 Å². The lowest BCUT2D eigenvalue weighted by Gasteiger charge is -2.28. The Hall–Kier alpha value is -0.460. The number of hydrogen-bond acceptors (Lipinski definition) is 4. The fourth-order valence-electron chi connectivity index (χ4n) is 1.83. The molecule has 16 heavy (non-hydrogen) atoms. The SMILES string of the molecule is O=C(CS(=O)CC1CNC1)N1CCOCC1. The molecule has 92 valence electrons.